The summed E-state index contributed by atoms with van der Waals surface area (Å²) in [6, 6.07) is 14.2. The molecule has 1 unspecified atom stereocenters. The van der Waals surface area contributed by atoms with Gasteiger partial charge in [-0.1, -0.05) is 24.3 Å². The minimum atomic E-state index is -0.858. The first-order chi connectivity index (χ1) is 15.4. The highest BCUT2D eigenvalue weighted by atomic mass is 16.5. The molecule has 1 aromatic heterocycles. The first-order valence-corrected chi connectivity index (χ1v) is 9.73. The largest absolute Gasteiger partial charge is 0.493 e. The van der Waals surface area contributed by atoms with Crippen LogP contribution in [0.5, 0.6) is 11.5 Å². The number of hydrogen-bond acceptors (Lipinski definition) is 7. The van der Waals surface area contributed by atoms with Gasteiger partial charge in [0.05, 0.1) is 20.3 Å². The van der Waals surface area contributed by atoms with E-state index >= 15 is 0 Å². The third-order valence-corrected chi connectivity index (χ3v) is 4.73. The molecule has 0 aliphatic rings. The molecule has 0 aliphatic heterocycles. The average molecular weight is 432 g/mol. The van der Waals surface area contributed by atoms with Crippen molar-refractivity contribution in [2.24, 2.45) is 5.73 Å². The van der Waals surface area contributed by atoms with Crippen LogP contribution in [-0.2, 0) is 4.79 Å². The van der Waals surface area contributed by atoms with Gasteiger partial charge in [-0.2, -0.15) is 0 Å². The van der Waals surface area contributed by atoms with E-state index in [2.05, 4.69) is 10.3 Å². The fraction of sp³-hybridized carbons (Fsp3) is 0.125. The van der Waals surface area contributed by atoms with Gasteiger partial charge in [0.2, 0.25) is 0 Å². The summed E-state index contributed by atoms with van der Waals surface area (Å²) < 4.78 is 10.5. The number of benzene rings is 2. The fourth-order valence-corrected chi connectivity index (χ4v) is 2.97. The summed E-state index contributed by atoms with van der Waals surface area (Å²) in [4.78, 5) is 28.8. The number of nitrogens with one attached hydrogen (secondary N) is 1. The first kappa shape index (κ1) is 22.5. The summed E-state index contributed by atoms with van der Waals surface area (Å²) >= 11 is 0. The number of ether oxygens (including phenoxy) is 2. The third-order valence-electron chi connectivity index (χ3n) is 4.73. The predicted octanol–water partition coefficient (Wildman–Crippen LogP) is 3.22. The number of ketones is 1. The first-order valence-electron chi connectivity index (χ1n) is 9.73. The van der Waals surface area contributed by atoms with Crippen molar-refractivity contribution in [1.29, 1.82) is 0 Å². The van der Waals surface area contributed by atoms with Crippen LogP contribution in [0, 0.1) is 0 Å². The molecule has 0 radical (unpaired) electrons. The summed E-state index contributed by atoms with van der Waals surface area (Å²) in [7, 11) is 3.10. The molecule has 1 atom stereocenters. The van der Waals surface area contributed by atoms with Crippen LogP contribution < -0.4 is 26.3 Å². The molecule has 3 aromatic rings. The van der Waals surface area contributed by atoms with E-state index in [-0.39, 0.29) is 11.7 Å². The number of nitrogens with zero attached hydrogens (tertiary/aromatic N) is 1. The quantitative estimate of drug-likeness (QED) is 0.466. The van der Waals surface area contributed by atoms with E-state index in [0.29, 0.717) is 34.1 Å². The zero-order valence-corrected chi connectivity index (χ0v) is 17.7. The Bertz CT molecular complexity index is 1140. The zero-order chi connectivity index (χ0) is 23.1. The molecule has 0 bridgehead atoms. The van der Waals surface area contributed by atoms with Crippen LogP contribution in [0.25, 0.3) is 6.08 Å². The second-order valence-electron chi connectivity index (χ2n) is 6.87. The second kappa shape index (κ2) is 10.2. The lowest BCUT2D eigenvalue weighted by molar-refractivity contribution is -0.115. The van der Waals surface area contributed by atoms with Gasteiger partial charge >= 0.3 is 0 Å². The van der Waals surface area contributed by atoms with Gasteiger partial charge < -0.3 is 26.3 Å². The van der Waals surface area contributed by atoms with Crippen molar-refractivity contribution in [2.75, 3.05) is 25.3 Å². The molecule has 5 N–H and O–H groups in total. The lowest BCUT2D eigenvalue weighted by atomic mass is 10.0. The lowest BCUT2D eigenvalue weighted by Crippen LogP contribution is -2.20. The monoisotopic (exact) mass is 432 g/mol. The maximum Gasteiger partial charge on any atom is 0.255 e. The number of nitrogen functional groups attached to an aromatic ring is 1. The summed E-state index contributed by atoms with van der Waals surface area (Å²) in [6.07, 6.45) is 4.58. The average Bonchev–Trinajstić information content (AvgIpc) is 2.81. The van der Waals surface area contributed by atoms with E-state index < -0.39 is 6.04 Å². The van der Waals surface area contributed by atoms with Crippen molar-refractivity contribution in [3.05, 3.63) is 83.6 Å². The van der Waals surface area contributed by atoms with Crippen LogP contribution in [0.4, 0.5) is 11.5 Å². The molecule has 0 fully saturated rings. The molecule has 3 rings (SSSR count). The van der Waals surface area contributed by atoms with Crippen LogP contribution in [0.3, 0.4) is 0 Å². The highest BCUT2D eigenvalue weighted by Gasteiger charge is 2.14. The molecular weight excluding hydrogens is 408 g/mol. The molecular formula is C24H24N4O4. The lowest BCUT2D eigenvalue weighted by Gasteiger charge is -2.10. The standard InChI is InChI=1S/C24H24N4O4/c1-31-20-10-4-15(13-21(20)32-2)3-9-19(29)23(26)16-5-7-17(8-6-16)24(30)28-18-11-12-27-22(25)14-18/h3-14,23H,26H2,1-2H3,(H3,25,27,28,30)/b9-3+. The molecule has 8 heteroatoms. The van der Waals surface area contributed by atoms with Crippen LogP contribution in [-0.4, -0.2) is 30.9 Å². The third kappa shape index (κ3) is 5.50. The Morgan fingerprint density at radius 2 is 1.72 bits per heavy atom. The molecule has 2 aromatic carbocycles. The molecule has 8 nitrogen and oxygen atoms in total. The van der Waals surface area contributed by atoms with Crippen molar-refractivity contribution in [3.8, 4) is 11.5 Å². The fourth-order valence-electron chi connectivity index (χ4n) is 2.97. The number of rotatable bonds is 8. The Morgan fingerprint density at radius 1 is 1.00 bits per heavy atom. The van der Waals surface area contributed by atoms with E-state index in [1.54, 1.807) is 74.9 Å². The van der Waals surface area contributed by atoms with Crippen molar-refractivity contribution < 1.29 is 19.1 Å². The molecule has 0 spiro atoms. The van der Waals surface area contributed by atoms with Gasteiger partial charge in [0, 0.05) is 23.5 Å². The number of carbonyl (C=O) groups excluding carboxylic acids is 2. The summed E-state index contributed by atoms with van der Waals surface area (Å²) in [6.45, 7) is 0. The van der Waals surface area contributed by atoms with E-state index in [9.17, 15) is 9.59 Å². The van der Waals surface area contributed by atoms with Crippen LogP contribution in [0.15, 0.2) is 66.9 Å². The van der Waals surface area contributed by atoms with Crippen molar-refractivity contribution in [1.82, 2.24) is 4.98 Å². The Morgan fingerprint density at radius 3 is 2.38 bits per heavy atom. The van der Waals surface area contributed by atoms with Crippen LogP contribution in [0.1, 0.15) is 27.5 Å². The molecule has 1 amide bonds. The molecule has 0 aliphatic carbocycles. The SMILES string of the molecule is COc1ccc(/C=C/C(=O)C(N)c2ccc(C(=O)Nc3ccnc(N)c3)cc2)cc1OC. The summed E-state index contributed by atoms with van der Waals surface area (Å²) in [5.41, 5.74) is 14.0. The Labute approximate surface area is 185 Å². The van der Waals surface area contributed by atoms with Gasteiger partial charge in [-0.3, -0.25) is 9.59 Å². The Balaban J connectivity index is 1.65. The number of amides is 1. The predicted molar refractivity (Wildman–Crippen MR) is 124 cm³/mol. The minimum Gasteiger partial charge on any atom is -0.493 e. The van der Waals surface area contributed by atoms with Gasteiger partial charge in [0.25, 0.3) is 5.91 Å². The van der Waals surface area contributed by atoms with Crippen molar-refractivity contribution >= 4 is 29.3 Å². The highest BCUT2D eigenvalue weighted by molar-refractivity contribution is 6.04. The van der Waals surface area contributed by atoms with Crippen molar-refractivity contribution in [2.45, 2.75) is 6.04 Å². The maximum atomic E-state index is 12.5. The number of carbonyl (C=O) groups is 2. The number of anilines is 2. The number of hydrogen-bond donors (Lipinski definition) is 3. The van der Waals surface area contributed by atoms with Crippen LogP contribution >= 0.6 is 0 Å². The van der Waals surface area contributed by atoms with E-state index in [1.807, 2.05) is 0 Å². The van der Waals surface area contributed by atoms with Gasteiger partial charge in [0.1, 0.15) is 5.82 Å². The molecule has 32 heavy (non-hydrogen) atoms. The van der Waals surface area contributed by atoms with Gasteiger partial charge in [-0.15, -0.1) is 0 Å². The maximum absolute atomic E-state index is 12.5. The second-order valence-corrected chi connectivity index (χ2v) is 6.87. The number of nitrogens with two attached hydrogens (primary N) is 2. The zero-order valence-electron chi connectivity index (χ0n) is 17.7. The summed E-state index contributed by atoms with van der Waals surface area (Å²) in [5, 5.41) is 2.74. The minimum absolute atomic E-state index is 0.274. The van der Waals surface area contributed by atoms with Gasteiger partial charge in [-0.05, 0) is 47.5 Å². The number of pyridine rings is 1. The molecule has 164 valence electrons. The van der Waals surface area contributed by atoms with Gasteiger partial charge in [-0.25, -0.2) is 4.98 Å². The van der Waals surface area contributed by atoms with E-state index in [4.69, 9.17) is 20.9 Å². The van der Waals surface area contributed by atoms with Crippen molar-refractivity contribution in [3.63, 3.8) is 0 Å². The number of aromatic nitrogens is 1. The summed E-state index contributed by atoms with van der Waals surface area (Å²) in [5.74, 6) is 0.891. The van der Waals surface area contributed by atoms with Crippen LogP contribution in [0.2, 0.25) is 0 Å². The smallest absolute Gasteiger partial charge is 0.255 e. The topological polar surface area (TPSA) is 130 Å². The molecule has 1 heterocycles. The molecule has 0 saturated carbocycles. The Kier molecular flexibility index (Phi) is 7.20. The normalized spacial score (nSPS) is 11.7. The molecule has 0 saturated heterocycles. The van der Waals surface area contributed by atoms with E-state index in [0.717, 1.165) is 5.56 Å². The number of methoxy groups -OCH3 is 2. The van der Waals surface area contributed by atoms with E-state index in [1.165, 1.54) is 12.3 Å². The highest BCUT2D eigenvalue weighted by Crippen LogP contribution is 2.28. The van der Waals surface area contributed by atoms with Gasteiger partial charge in [0.15, 0.2) is 17.3 Å². The Hall–Kier alpha value is -4.17.